The van der Waals surface area contributed by atoms with Crippen LogP contribution in [0.4, 0.5) is 0 Å². The topological polar surface area (TPSA) is 37.3 Å². The van der Waals surface area contributed by atoms with Crippen molar-refractivity contribution in [3.05, 3.63) is 12.2 Å². The third kappa shape index (κ3) is 1.19. The number of hydrogen-bond acceptors (Lipinski definition) is 2. The van der Waals surface area contributed by atoms with E-state index >= 15 is 0 Å². The average molecular weight is 126 g/mol. The van der Waals surface area contributed by atoms with Gasteiger partial charge in [0.05, 0.1) is 0 Å². The Morgan fingerprint density at radius 3 is 2.89 bits per heavy atom. The van der Waals surface area contributed by atoms with Gasteiger partial charge < -0.3 is 5.11 Å². The fourth-order valence-electron chi connectivity index (χ4n) is 0.907. The largest absolute Gasteiger partial charge is 0.385 e. The number of hydrogen-bond donors (Lipinski definition) is 1. The van der Waals surface area contributed by atoms with Crippen molar-refractivity contribution in [2.24, 2.45) is 5.92 Å². The third-order valence-electron chi connectivity index (χ3n) is 1.62. The molecule has 0 aromatic rings. The number of rotatable bonds is 0. The standard InChI is InChI=1S/C7H10O2/c1-5-3-2-4-6(8)7(5)9/h2,4-5,7,9H,3H2,1H3. The van der Waals surface area contributed by atoms with Gasteiger partial charge in [-0.05, 0) is 18.4 Å². The summed E-state index contributed by atoms with van der Waals surface area (Å²) in [6.45, 7) is 1.87. The second kappa shape index (κ2) is 2.31. The molecule has 0 spiro atoms. The molecule has 0 aromatic carbocycles. The molecule has 0 aliphatic heterocycles. The Morgan fingerprint density at radius 1 is 1.78 bits per heavy atom. The zero-order valence-electron chi connectivity index (χ0n) is 5.37. The summed E-state index contributed by atoms with van der Waals surface area (Å²) >= 11 is 0. The molecule has 50 valence electrons. The van der Waals surface area contributed by atoms with Gasteiger partial charge in [0.25, 0.3) is 0 Å². The highest BCUT2D eigenvalue weighted by Crippen LogP contribution is 2.14. The van der Waals surface area contributed by atoms with Crippen LogP contribution in [-0.4, -0.2) is 17.0 Å². The SMILES string of the molecule is CC1CC=CC(=O)C1O. The average Bonchev–Trinajstić information content (AvgIpc) is 1.83. The van der Waals surface area contributed by atoms with Crippen LogP contribution in [0.15, 0.2) is 12.2 Å². The summed E-state index contributed by atoms with van der Waals surface area (Å²) in [6, 6.07) is 0. The van der Waals surface area contributed by atoms with Crippen molar-refractivity contribution in [1.29, 1.82) is 0 Å². The number of aliphatic hydroxyl groups is 1. The minimum Gasteiger partial charge on any atom is -0.385 e. The second-order valence-electron chi connectivity index (χ2n) is 2.46. The Labute approximate surface area is 54.2 Å². The zero-order valence-corrected chi connectivity index (χ0v) is 5.37. The van der Waals surface area contributed by atoms with Crippen LogP contribution in [0.1, 0.15) is 13.3 Å². The molecule has 0 saturated heterocycles. The van der Waals surface area contributed by atoms with E-state index in [1.807, 2.05) is 6.92 Å². The highest BCUT2D eigenvalue weighted by Gasteiger charge is 2.21. The van der Waals surface area contributed by atoms with Gasteiger partial charge in [0.2, 0.25) is 0 Å². The third-order valence-corrected chi connectivity index (χ3v) is 1.62. The van der Waals surface area contributed by atoms with Crippen molar-refractivity contribution in [3.63, 3.8) is 0 Å². The molecule has 9 heavy (non-hydrogen) atoms. The number of carbonyl (C=O) groups excluding carboxylic acids is 1. The molecule has 2 unspecified atom stereocenters. The predicted molar refractivity (Wildman–Crippen MR) is 33.9 cm³/mol. The second-order valence-corrected chi connectivity index (χ2v) is 2.46. The van der Waals surface area contributed by atoms with Crippen LogP contribution in [0.5, 0.6) is 0 Å². The van der Waals surface area contributed by atoms with Crippen molar-refractivity contribution < 1.29 is 9.90 Å². The van der Waals surface area contributed by atoms with Crippen molar-refractivity contribution in [2.45, 2.75) is 19.4 Å². The molecule has 1 N–H and O–H groups in total. The van der Waals surface area contributed by atoms with Gasteiger partial charge in [-0.3, -0.25) is 4.79 Å². The molecular formula is C7H10O2. The van der Waals surface area contributed by atoms with E-state index in [2.05, 4.69) is 0 Å². The lowest BCUT2D eigenvalue weighted by molar-refractivity contribution is -0.125. The van der Waals surface area contributed by atoms with Gasteiger partial charge in [-0.2, -0.15) is 0 Å². The zero-order chi connectivity index (χ0) is 6.85. The summed E-state index contributed by atoms with van der Waals surface area (Å²) in [7, 11) is 0. The maximum atomic E-state index is 10.7. The normalized spacial score (nSPS) is 35.1. The van der Waals surface area contributed by atoms with E-state index in [4.69, 9.17) is 5.11 Å². The molecule has 1 aliphatic carbocycles. The summed E-state index contributed by atoms with van der Waals surface area (Å²) in [6.07, 6.45) is 3.31. The molecule has 0 bridgehead atoms. The molecule has 0 saturated carbocycles. The fraction of sp³-hybridized carbons (Fsp3) is 0.571. The summed E-state index contributed by atoms with van der Waals surface area (Å²) < 4.78 is 0. The van der Waals surface area contributed by atoms with Crippen LogP contribution in [0.25, 0.3) is 0 Å². The Bertz CT molecular complexity index is 149. The summed E-state index contributed by atoms with van der Waals surface area (Å²) in [5.41, 5.74) is 0. The molecule has 0 aromatic heterocycles. The van der Waals surface area contributed by atoms with Crippen LogP contribution >= 0.6 is 0 Å². The van der Waals surface area contributed by atoms with Crippen molar-refractivity contribution in [1.82, 2.24) is 0 Å². The molecule has 1 rings (SSSR count). The van der Waals surface area contributed by atoms with Crippen molar-refractivity contribution in [3.8, 4) is 0 Å². The molecule has 2 heteroatoms. The first kappa shape index (κ1) is 6.49. The van der Waals surface area contributed by atoms with Gasteiger partial charge in [0, 0.05) is 0 Å². The Morgan fingerprint density at radius 2 is 2.44 bits per heavy atom. The number of allylic oxidation sites excluding steroid dienone is 1. The first-order chi connectivity index (χ1) is 4.22. The van der Waals surface area contributed by atoms with E-state index in [1.54, 1.807) is 6.08 Å². The van der Waals surface area contributed by atoms with Crippen molar-refractivity contribution >= 4 is 5.78 Å². The monoisotopic (exact) mass is 126 g/mol. The predicted octanol–water partition coefficient (Wildman–Crippen LogP) is 0.512. The summed E-state index contributed by atoms with van der Waals surface area (Å²) in [5.74, 6) is -0.0590. The summed E-state index contributed by atoms with van der Waals surface area (Å²) in [5, 5.41) is 9.05. The lowest BCUT2D eigenvalue weighted by atomic mass is 9.92. The number of aliphatic hydroxyl groups excluding tert-OH is 1. The van der Waals surface area contributed by atoms with Gasteiger partial charge in [-0.25, -0.2) is 0 Å². The van der Waals surface area contributed by atoms with Crippen LogP contribution in [-0.2, 0) is 4.79 Å². The Hall–Kier alpha value is -0.630. The lowest BCUT2D eigenvalue weighted by Crippen LogP contribution is -2.28. The van der Waals surface area contributed by atoms with Gasteiger partial charge in [-0.1, -0.05) is 13.0 Å². The molecule has 0 radical (unpaired) electrons. The Kier molecular flexibility index (Phi) is 1.67. The number of ketones is 1. The highest BCUT2D eigenvalue weighted by molar-refractivity contribution is 5.94. The van der Waals surface area contributed by atoms with Crippen LogP contribution in [0.2, 0.25) is 0 Å². The quantitative estimate of drug-likeness (QED) is 0.513. The van der Waals surface area contributed by atoms with Gasteiger partial charge in [0.1, 0.15) is 6.10 Å². The van der Waals surface area contributed by atoms with Crippen LogP contribution < -0.4 is 0 Å². The van der Waals surface area contributed by atoms with Gasteiger partial charge in [0.15, 0.2) is 5.78 Å². The molecular weight excluding hydrogens is 116 g/mol. The van der Waals surface area contributed by atoms with Crippen molar-refractivity contribution in [2.75, 3.05) is 0 Å². The van der Waals surface area contributed by atoms with E-state index in [1.165, 1.54) is 6.08 Å². The van der Waals surface area contributed by atoms with E-state index in [9.17, 15) is 4.79 Å². The molecule has 2 nitrogen and oxygen atoms in total. The molecule has 0 fully saturated rings. The molecule has 2 atom stereocenters. The maximum Gasteiger partial charge on any atom is 0.184 e. The highest BCUT2D eigenvalue weighted by atomic mass is 16.3. The van der Waals surface area contributed by atoms with Crippen LogP contribution in [0.3, 0.4) is 0 Å². The van der Waals surface area contributed by atoms with E-state index in [-0.39, 0.29) is 11.7 Å². The lowest BCUT2D eigenvalue weighted by Gasteiger charge is -2.17. The minimum atomic E-state index is -0.755. The first-order valence-electron chi connectivity index (χ1n) is 3.10. The van der Waals surface area contributed by atoms with E-state index in [0.29, 0.717) is 0 Å². The molecule has 1 aliphatic rings. The maximum absolute atomic E-state index is 10.7. The number of carbonyl (C=O) groups is 1. The summed E-state index contributed by atoms with van der Waals surface area (Å²) in [4.78, 5) is 10.7. The Balaban J connectivity index is 2.69. The fourth-order valence-corrected chi connectivity index (χ4v) is 0.907. The first-order valence-corrected chi connectivity index (χ1v) is 3.10. The van der Waals surface area contributed by atoms with Crippen LogP contribution in [0, 0.1) is 5.92 Å². The smallest absolute Gasteiger partial charge is 0.184 e. The minimum absolute atomic E-state index is 0.0995. The van der Waals surface area contributed by atoms with Gasteiger partial charge >= 0.3 is 0 Å². The molecule has 0 amide bonds. The van der Waals surface area contributed by atoms with Gasteiger partial charge in [-0.15, -0.1) is 0 Å². The molecule has 0 heterocycles. The van der Waals surface area contributed by atoms with E-state index in [0.717, 1.165) is 6.42 Å². The van der Waals surface area contributed by atoms with E-state index < -0.39 is 6.10 Å².